The lowest BCUT2D eigenvalue weighted by molar-refractivity contribution is -0.136. The largest absolute Gasteiger partial charge is 0.462 e. The van der Waals surface area contributed by atoms with Gasteiger partial charge in [-0.2, -0.15) is 0 Å². The normalized spacial score (nSPS) is 15.2. The summed E-state index contributed by atoms with van der Waals surface area (Å²) in [6.45, 7) is 4.00. The lowest BCUT2D eigenvalue weighted by Crippen LogP contribution is -2.37. The summed E-state index contributed by atoms with van der Waals surface area (Å²) < 4.78 is 4.91. The van der Waals surface area contributed by atoms with Crippen molar-refractivity contribution in [1.82, 2.24) is 9.97 Å². The van der Waals surface area contributed by atoms with Crippen molar-refractivity contribution >= 4 is 17.4 Å². The molecule has 0 aromatic carbocycles. The van der Waals surface area contributed by atoms with E-state index in [0.29, 0.717) is 12.4 Å². The summed E-state index contributed by atoms with van der Waals surface area (Å²) in [4.78, 5) is 22.2. The first-order valence-electron chi connectivity index (χ1n) is 5.93. The van der Waals surface area contributed by atoms with Crippen LogP contribution in [0.4, 0.5) is 5.82 Å². The second-order valence-electron chi connectivity index (χ2n) is 3.88. The third kappa shape index (κ3) is 2.42. The van der Waals surface area contributed by atoms with Crippen molar-refractivity contribution in [2.45, 2.75) is 13.3 Å². The zero-order valence-corrected chi connectivity index (χ0v) is 10.3. The first-order valence-corrected chi connectivity index (χ1v) is 5.93. The molecule has 6 heteroatoms. The van der Waals surface area contributed by atoms with Crippen molar-refractivity contribution in [1.29, 1.82) is 0 Å². The van der Waals surface area contributed by atoms with Gasteiger partial charge in [0.2, 0.25) is 0 Å². The molecule has 0 spiro atoms. The van der Waals surface area contributed by atoms with Gasteiger partial charge < -0.3 is 15.4 Å². The van der Waals surface area contributed by atoms with E-state index in [-0.39, 0.29) is 5.57 Å². The standard InChI is InChI=1S/C12H16N4O2/c1-2-18-12(17)9(8-13)11-14-5-4-10(15-11)16-6-3-7-16/h4-5,8H,2-3,6-7,13H2,1H3. The molecule has 0 unspecified atom stereocenters. The molecule has 0 saturated carbocycles. The van der Waals surface area contributed by atoms with Crippen LogP contribution in [0.5, 0.6) is 0 Å². The molecule has 1 aromatic rings. The van der Waals surface area contributed by atoms with E-state index >= 15 is 0 Å². The number of carbonyl (C=O) groups excluding carboxylic acids is 1. The Labute approximate surface area is 105 Å². The summed E-state index contributed by atoms with van der Waals surface area (Å²) in [5.41, 5.74) is 5.65. The highest BCUT2D eigenvalue weighted by Crippen LogP contribution is 2.19. The molecule has 0 aliphatic carbocycles. The molecule has 2 rings (SSSR count). The lowest BCUT2D eigenvalue weighted by Gasteiger charge is -2.31. The highest BCUT2D eigenvalue weighted by atomic mass is 16.5. The van der Waals surface area contributed by atoms with Crippen molar-refractivity contribution in [3.8, 4) is 0 Å². The van der Waals surface area contributed by atoms with Crippen LogP contribution in [0.2, 0.25) is 0 Å². The third-order valence-electron chi connectivity index (χ3n) is 2.72. The Hall–Kier alpha value is -2.11. The summed E-state index contributed by atoms with van der Waals surface area (Å²) in [6, 6.07) is 1.82. The van der Waals surface area contributed by atoms with Crippen molar-refractivity contribution in [3.05, 3.63) is 24.3 Å². The van der Waals surface area contributed by atoms with Crippen LogP contribution in [0.1, 0.15) is 19.2 Å². The van der Waals surface area contributed by atoms with E-state index in [0.717, 1.165) is 25.3 Å². The second kappa shape index (κ2) is 5.48. The average molecular weight is 248 g/mol. The van der Waals surface area contributed by atoms with Gasteiger partial charge in [-0.15, -0.1) is 0 Å². The van der Waals surface area contributed by atoms with Crippen LogP contribution in [0, 0.1) is 0 Å². The Morgan fingerprint density at radius 1 is 1.61 bits per heavy atom. The van der Waals surface area contributed by atoms with E-state index in [2.05, 4.69) is 14.9 Å². The number of nitrogens with two attached hydrogens (primary N) is 1. The van der Waals surface area contributed by atoms with Gasteiger partial charge in [-0.25, -0.2) is 14.8 Å². The SMILES string of the molecule is CCOC(=O)C(=CN)c1nccc(N2CCC2)n1. The minimum absolute atomic E-state index is 0.194. The maximum atomic E-state index is 11.7. The molecule has 6 nitrogen and oxygen atoms in total. The number of aromatic nitrogens is 2. The lowest BCUT2D eigenvalue weighted by atomic mass is 10.2. The first kappa shape index (κ1) is 12.3. The highest BCUT2D eigenvalue weighted by molar-refractivity contribution is 6.15. The van der Waals surface area contributed by atoms with Gasteiger partial charge in [-0.1, -0.05) is 0 Å². The summed E-state index contributed by atoms with van der Waals surface area (Å²) >= 11 is 0. The monoisotopic (exact) mass is 248 g/mol. The third-order valence-corrected chi connectivity index (χ3v) is 2.72. The maximum absolute atomic E-state index is 11.7. The molecule has 96 valence electrons. The predicted molar refractivity (Wildman–Crippen MR) is 67.7 cm³/mol. The molecule has 0 bridgehead atoms. The zero-order valence-electron chi connectivity index (χ0n) is 10.3. The molecule has 18 heavy (non-hydrogen) atoms. The number of hydrogen-bond donors (Lipinski definition) is 1. The van der Waals surface area contributed by atoms with Crippen LogP contribution < -0.4 is 10.6 Å². The predicted octanol–water partition coefficient (Wildman–Crippen LogP) is 0.549. The second-order valence-corrected chi connectivity index (χ2v) is 3.88. The molecule has 0 atom stereocenters. The van der Waals surface area contributed by atoms with E-state index in [9.17, 15) is 4.79 Å². The minimum atomic E-state index is -0.499. The van der Waals surface area contributed by atoms with Gasteiger partial charge in [-0.05, 0) is 19.4 Å². The minimum Gasteiger partial charge on any atom is -0.462 e. The Morgan fingerprint density at radius 3 is 2.94 bits per heavy atom. The smallest absolute Gasteiger partial charge is 0.343 e. The molecule has 2 N–H and O–H groups in total. The Morgan fingerprint density at radius 2 is 2.39 bits per heavy atom. The van der Waals surface area contributed by atoms with Crippen LogP contribution in [-0.2, 0) is 9.53 Å². The fourth-order valence-corrected chi connectivity index (χ4v) is 1.64. The first-order chi connectivity index (χ1) is 8.76. The van der Waals surface area contributed by atoms with Gasteiger partial charge in [0.1, 0.15) is 11.4 Å². The van der Waals surface area contributed by atoms with E-state index in [1.54, 1.807) is 13.1 Å². The molecule has 2 heterocycles. The summed E-state index contributed by atoms with van der Waals surface area (Å²) in [5.74, 6) is 0.621. The van der Waals surface area contributed by atoms with E-state index in [1.165, 1.54) is 6.20 Å². The van der Waals surface area contributed by atoms with Crippen LogP contribution in [0.25, 0.3) is 5.57 Å². The van der Waals surface area contributed by atoms with Crippen LogP contribution in [-0.4, -0.2) is 35.6 Å². The van der Waals surface area contributed by atoms with Crippen molar-refractivity contribution in [2.24, 2.45) is 5.73 Å². The number of hydrogen-bond acceptors (Lipinski definition) is 6. The molecule has 1 aromatic heterocycles. The van der Waals surface area contributed by atoms with E-state index in [1.807, 2.05) is 6.07 Å². The average Bonchev–Trinajstić information content (AvgIpc) is 2.28. The number of ether oxygens (including phenoxy) is 1. The summed E-state index contributed by atoms with van der Waals surface area (Å²) in [5, 5.41) is 0. The number of carbonyl (C=O) groups is 1. The zero-order chi connectivity index (χ0) is 13.0. The molecule has 1 aliphatic rings. The number of nitrogens with zero attached hydrogens (tertiary/aromatic N) is 3. The molecular formula is C12H16N4O2. The van der Waals surface area contributed by atoms with Gasteiger partial charge >= 0.3 is 5.97 Å². The Kier molecular flexibility index (Phi) is 3.76. The van der Waals surface area contributed by atoms with Gasteiger partial charge in [-0.3, -0.25) is 0 Å². The quantitative estimate of drug-likeness (QED) is 0.619. The van der Waals surface area contributed by atoms with E-state index < -0.39 is 5.97 Å². The molecule has 1 saturated heterocycles. The van der Waals surface area contributed by atoms with Crippen LogP contribution in [0.3, 0.4) is 0 Å². The molecule has 1 fully saturated rings. The molecular weight excluding hydrogens is 232 g/mol. The number of anilines is 1. The van der Waals surface area contributed by atoms with Crippen LogP contribution >= 0.6 is 0 Å². The fourth-order valence-electron chi connectivity index (χ4n) is 1.64. The van der Waals surface area contributed by atoms with Crippen molar-refractivity contribution < 1.29 is 9.53 Å². The molecule has 0 amide bonds. The summed E-state index contributed by atoms with van der Waals surface area (Å²) in [7, 11) is 0. The topological polar surface area (TPSA) is 81.3 Å². The van der Waals surface area contributed by atoms with Gasteiger partial charge in [0.05, 0.1) is 6.61 Å². The van der Waals surface area contributed by atoms with E-state index in [4.69, 9.17) is 10.5 Å². The summed E-state index contributed by atoms with van der Waals surface area (Å²) in [6.07, 6.45) is 3.97. The Bertz CT molecular complexity index is 469. The van der Waals surface area contributed by atoms with Crippen LogP contribution in [0.15, 0.2) is 18.5 Å². The molecule has 0 radical (unpaired) electrons. The van der Waals surface area contributed by atoms with Crippen molar-refractivity contribution in [2.75, 3.05) is 24.6 Å². The highest BCUT2D eigenvalue weighted by Gasteiger charge is 2.20. The van der Waals surface area contributed by atoms with Gasteiger partial charge in [0.15, 0.2) is 5.82 Å². The van der Waals surface area contributed by atoms with Crippen molar-refractivity contribution in [3.63, 3.8) is 0 Å². The molecule has 1 aliphatic heterocycles. The van der Waals surface area contributed by atoms with Gasteiger partial charge in [0, 0.05) is 25.5 Å². The Balaban J connectivity index is 2.23. The maximum Gasteiger partial charge on any atom is 0.343 e. The van der Waals surface area contributed by atoms with Gasteiger partial charge in [0.25, 0.3) is 0 Å². The fraction of sp³-hybridized carbons (Fsp3) is 0.417. The number of esters is 1. The number of rotatable bonds is 4.